The van der Waals surface area contributed by atoms with Crippen LogP contribution in [0.5, 0.6) is 5.75 Å². The molecule has 4 rings (SSSR count). The molecule has 0 spiro atoms. The van der Waals surface area contributed by atoms with Crippen LogP contribution in [0.1, 0.15) is 29.6 Å². The summed E-state index contributed by atoms with van der Waals surface area (Å²) in [4.78, 5) is 16.8. The summed E-state index contributed by atoms with van der Waals surface area (Å²) in [5.74, 6) is 0.555. The fourth-order valence-electron chi connectivity index (χ4n) is 3.27. The van der Waals surface area contributed by atoms with Gasteiger partial charge in [-0.25, -0.2) is 0 Å². The summed E-state index contributed by atoms with van der Waals surface area (Å²) in [5.41, 5.74) is 1.96. The van der Waals surface area contributed by atoms with Crippen molar-refractivity contribution in [3.05, 3.63) is 59.9 Å². The highest BCUT2D eigenvalue weighted by Gasteiger charge is 2.35. The van der Waals surface area contributed by atoms with Gasteiger partial charge in [-0.15, -0.1) is 0 Å². The Hall–Kier alpha value is -2.40. The van der Waals surface area contributed by atoms with Crippen LogP contribution in [-0.2, 0) is 9.53 Å². The van der Waals surface area contributed by atoms with E-state index in [1.54, 1.807) is 12.4 Å². The highest BCUT2D eigenvalue weighted by Crippen LogP contribution is 2.35. The first kappa shape index (κ1) is 14.2. The van der Waals surface area contributed by atoms with Gasteiger partial charge in [0, 0.05) is 30.1 Å². The van der Waals surface area contributed by atoms with E-state index in [4.69, 9.17) is 9.47 Å². The van der Waals surface area contributed by atoms with Crippen molar-refractivity contribution in [2.24, 2.45) is 0 Å². The second-order valence-corrected chi connectivity index (χ2v) is 5.88. The van der Waals surface area contributed by atoms with Gasteiger partial charge in [0.15, 0.2) is 0 Å². The Bertz CT molecular complexity index is 704. The average Bonchev–Trinajstić information content (AvgIpc) is 3.22. The zero-order valence-corrected chi connectivity index (χ0v) is 12.6. The van der Waals surface area contributed by atoms with E-state index in [0.717, 1.165) is 23.3 Å². The number of carbonyl (C=O) groups is 1. The van der Waals surface area contributed by atoms with Crippen LogP contribution >= 0.6 is 0 Å². The van der Waals surface area contributed by atoms with Gasteiger partial charge >= 0.3 is 0 Å². The van der Waals surface area contributed by atoms with Crippen LogP contribution in [0.25, 0.3) is 0 Å². The highest BCUT2D eigenvalue weighted by molar-refractivity contribution is 5.85. The number of ether oxygens (including phenoxy) is 2. The fourth-order valence-corrected chi connectivity index (χ4v) is 3.27. The van der Waals surface area contributed by atoms with Crippen molar-refractivity contribution in [2.75, 3.05) is 13.2 Å². The van der Waals surface area contributed by atoms with Crippen molar-refractivity contribution in [2.45, 2.75) is 24.5 Å². The molecular weight excluding hydrogens is 292 g/mol. The number of rotatable bonds is 3. The number of carbonyl (C=O) groups excluding carboxylic acids is 1. The predicted molar refractivity (Wildman–Crippen MR) is 84.2 cm³/mol. The lowest BCUT2D eigenvalue weighted by molar-refractivity contribution is -0.123. The number of hydrogen-bond acceptors (Lipinski definition) is 4. The molecule has 118 valence electrons. The molecule has 23 heavy (non-hydrogen) atoms. The van der Waals surface area contributed by atoms with Crippen LogP contribution in [0.4, 0.5) is 0 Å². The number of para-hydroxylation sites is 1. The van der Waals surface area contributed by atoms with Crippen molar-refractivity contribution >= 4 is 5.91 Å². The molecule has 3 atom stereocenters. The average molecular weight is 310 g/mol. The third kappa shape index (κ3) is 2.68. The van der Waals surface area contributed by atoms with Crippen molar-refractivity contribution < 1.29 is 14.3 Å². The molecule has 1 N–H and O–H groups in total. The van der Waals surface area contributed by atoms with E-state index < -0.39 is 0 Å². The maximum Gasteiger partial charge on any atom is 0.231 e. The number of fused-ring (bicyclic) bond motifs is 1. The van der Waals surface area contributed by atoms with Crippen molar-refractivity contribution in [1.82, 2.24) is 10.3 Å². The lowest BCUT2D eigenvalue weighted by atomic mass is 9.98. The summed E-state index contributed by atoms with van der Waals surface area (Å²) in [6, 6.07) is 11.6. The summed E-state index contributed by atoms with van der Waals surface area (Å²) >= 11 is 0. The number of nitrogens with one attached hydrogen (secondary N) is 1. The summed E-state index contributed by atoms with van der Waals surface area (Å²) in [6.07, 6.45) is 4.20. The summed E-state index contributed by atoms with van der Waals surface area (Å²) in [7, 11) is 0. The summed E-state index contributed by atoms with van der Waals surface area (Å²) < 4.78 is 11.4. The zero-order chi connectivity index (χ0) is 15.6. The molecule has 0 radical (unpaired) electrons. The van der Waals surface area contributed by atoms with E-state index in [9.17, 15) is 4.79 Å². The molecule has 2 aromatic rings. The number of hydrogen-bond donors (Lipinski definition) is 1. The fraction of sp³-hybridized carbons (Fsp3) is 0.333. The number of nitrogens with zero attached hydrogens (tertiary/aromatic N) is 1. The number of pyridine rings is 1. The lowest BCUT2D eigenvalue weighted by Crippen LogP contribution is -2.40. The zero-order valence-electron chi connectivity index (χ0n) is 12.6. The van der Waals surface area contributed by atoms with Gasteiger partial charge < -0.3 is 14.8 Å². The number of amides is 1. The standard InChI is InChI=1S/C18H18N2O3/c21-18(14-11-23-16-6-2-1-5-13(14)16)20-15-7-9-22-17(15)12-4-3-8-19-10-12/h1-6,8,10,14-15,17H,7,9,11H2,(H,20,21)/t14-,15-,17+/m0/s1. The molecule has 1 aromatic heterocycles. The molecule has 2 aliphatic rings. The molecule has 0 aliphatic carbocycles. The van der Waals surface area contributed by atoms with E-state index in [-0.39, 0.29) is 24.0 Å². The first-order valence-electron chi connectivity index (χ1n) is 7.86. The first-order chi connectivity index (χ1) is 11.3. The Morgan fingerprint density at radius 1 is 1.22 bits per heavy atom. The Morgan fingerprint density at radius 3 is 3.00 bits per heavy atom. The third-order valence-electron chi connectivity index (χ3n) is 4.45. The van der Waals surface area contributed by atoms with Gasteiger partial charge in [-0.05, 0) is 18.6 Å². The second kappa shape index (κ2) is 6.01. The molecule has 1 saturated heterocycles. The first-order valence-corrected chi connectivity index (χ1v) is 7.86. The van der Waals surface area contributed by atoms with Gasteiger partial charge in [0.1, 0.15) is 24.4 Å². The molecule has 1 fully saturated rings. The van der Waals surface area contributed by atoms with Crippen molar-refractivity contribution in [1.29, 1.82) is 0 Å². The van der Waals surface area contributed by atoms with Gasteiger partial charge in [0.25, 0.3) is 0 Å². The van der Waals surface area contributed by atoms with Gasteiger partial charge in [0.05, 0.1) is 6.04 Å². The quantitative estimate of drug-likeness (QED) is 0.944. The van der Waals surface area contributed by atoms with Crippen molar-refractivity contribution in [3.8, 4) is 5.75 Å². The van der Waals surface area contributed by atoms with Crippen LogP contribution in [0.3, 0.4) is 0 Å². The molecule has 1 aromatic carbocycles. The van der Waals surface area contributed by atoms with Gasteiger partial charge in [-0.2, -0.15) is 0 Å². The lowest BCUT2D eigenvalue weighted by Gasteiger charge is -2.21. The van der Waals surface area contributed by atoms with Crippen molar-refractivity contribution in [3.63, 3.8) is 0 Å². The van der Waals surface area contributed by atoms with E-state index in [0.29, 0.717) is 13.2 Å². The normalized spacial score (nSPS) is 25.7. The monoisotopic (exact) mass is 310 g/mol. The molecule has 2 aliphatic heterocycles. The largest absolute Gasteiger partial charge is 0.492 e. The maximum absolute atomic E-state index is 12.7. The Morgan fingerprint density at radius 2 is 2.13 bits per heavy atom. The van der Waals surface area contributed by atoms with Crippen LogP contribution < -0.4 is 10.1 Å². The molecule has 0 unspecified atom stereocenters. The SMILES string of the molecule is O=C(N[C@H]1CCO[C@@H]1c1cccnc1)[C@H]1COc2ccccc21. The summed E-state index contributed by atoms with van der Waals surface area (Å²) in [5, 5.41) is 3.14. The highest BCUT2D eigenvalue weighted by atomic mass is 16.5. The molecule has 3 heterocycles. The van der Waals surface area contributed by atoms with E-state index in [1.165, 1.54) is 0 Å². The number of aromatic nitrogens is 1. The predicted octanol–water partition coefficient (Wildman–Crippen LogP) is 2.20. The molecular formula is C18H18N2O3. The molecule has 1 amide bonds. The number of benzene rings is 1. The molecule has 0 bridgehead atoms. The Labute approximate surface area is 134 Å². The molecule has 5 nitrogen and oxygen atoms in total. The minimum Gasteiger partial charge on any atom is -0.492 e. The molecule has 0 saturated carbocycles. The van der Waals surface area contributed by atoms with Crippen LogP contribution in [0.2, 0.25) is 0 Å². The van der Waals surface area contributed by atoms with Crippen LogP contribution in [0, 0.1) is 0 Å². The summed E-state index contributed by atoms with van der Waals surface area (Å²) in [6.45, 7) is 1.04. The van der Waals surface area contributed by atoms with Crippen LogP contribution in [-0.4, -0.2) is 30.1 Å². The third-order valence-corrected chi connectivity index (χ3v) is 4.45. The van der Waals surface area contributed by atoms with E-state index in [2.05, 4.69) is 10.3 Å². The van der Waals surface area contributed by atoms with Crippen LogP contribution in [0.15, 0.2) is 48.8 Å². The minimum atomic E-state index is -0.249. The van der Waals surface area contributed by atoms with Gasteiger partial charge in [0.2, 0.25) is 5.91 Å². The topological polar surface area (TPSA) is 60.5 Å². The van der Waals surface area contributed by atoms with E-state index in [1.807, 2.05) is 36.4 Å². The Balaban J connectivity index is 1.49. The molecule has 5 heteroatoms. The Kier molecular flexibility index (Phi) is 3.71. The maximum atomic E-state index is 12.7. The van der Waals surface area contributed by atoms with Gasteiger partial charge in [-0.3, -0.25) is 9.78 Å². The van der Waals surface area contributed by atoms with E-state index >= 15 is 0 Å². The smallest absolute Gasteiger partial charge is 0.231 e. The second-order valence-electron chi connectivity index (χ2n) is 5.88. The minimum absolute atomic E-state index is 0.000611. The van der Waals surface area contributed by atoms with Gasteiger partial charge in [-0.1, -0.05) is 24.3 Å².